The Morgan fingerprint density at radius 3 is 2.25 bits per heavy atom. The van der Waals surface area contributed by atoms with Gasteiger partial charge in [0, 0.05) is 22.0 Å². The van der Waals surface area contributed by atoms with Crippen molar-refractivity contribution in [2.45, 2.75) is 4.90 Å². The molecule has 0 spiro atoms. The van der Waals surface area contributed by atoms with Gasteiger partial charge in [-0.05, 0) is 35.4 Å². The van der Waals surface area contributed by atoms with E-state index in [-0.39, 0.29) is 0 Å². The predicted molar refractivity (Wildman–Crippen MR) is 77.2 cm³/mol. The summed E-state index contributed by atoms with van der Waals surface area (Å²) in [5.74, 6) is -1.10. The Balaban J connectivity index is 2.02. The zero-order valence-electron chi connectivity index (χ0n) is 10.7. The first-order valence-corrected chi connectivity index (χ1v) is 7.55. The largest absolute Gasteiger partial charge is 0.318 e. The van der Waals surface area contributed by atoms with Gasteiger partial charge in [0.1, 0.15) is 0 Å². The highest BCUT2D eigenvalue weighted by molar-refractivity contribution is 7.84. The quantitative estimate of drug-likeness (QED) is 0.861. The van der Waals surface area contributed by atoms with Crippen molar-refractivity contribution in [3.8, 4) is 11.1 Å². The summed E-state index contributed by atoms with van der Waals surface area (Å²) in [5, 5.41) is 2.52. The average molecular weight is 285 g/mol. The Labute approximate surface area is 118 Å². The molecule has 1 aliphatic heterocycles. The van der Waals surface area contributed by atoms with Crippen LogP contribution in [0.4, 0.5) is 5.69 Å². The normalized spacial score (nSPS) is 14.8. The lowest BCUT2D eigenvalue weighted by molar-refractivity contribution is -0.112. The number of Topliss-reactive ketones (excluding diaryl/α,β-unsaturated/α-hetero) is 1. The summed E-state index contributed by atoms with van der Waals surface area (Å²) in [4.78, 5) is 23.7. The van der Waals surface area contributed by atoms with Crippen molar-refractivity contribution in [1.82, 2.24) is 0 Å². The van der Waals surface area contributed by atoms with Gasteiger partial charge in [0.05, 0.1) is 11.3 Å². The predicted octanol–water partition coefficient (Wildman–Crippen LogP) is 2.23. The Hall–Kier alpha value is -2.27. The van der Waals surface area contributed by atoms with Gasteiger partial charge in [0.25, 0.3) is 11.7 Å². The molecule has 3 rings (SSSR count). The van der Waals surface area contributed by atoms with E-state index in [2.05, 4.69) is 5.32 Å². The van der Waals surface area contributed by atoms with Crippen LogP contribution in [0.1, 0.15) is 10.4 Å². The second-order valence-electron chi connectivity index (χ2n) is 4.52. The minimum absolute atomic E-state index is 0.399. The van der Waals surface area contributed by atoms with Crippen molar-refractivity contribution in [2.24, 2.45) is 0 Å². The second-order valence-corrected chi connectivity index (χ2v) is 5.90. The van der Waals surface area contributed by atoms with Crippen LogP contribution in [0.2, 0.25) is 0 Å². The first kappa shape index (κ1) is 12.7. The molecule has 0 saturated carbocycles. The third-order valence-electron chi connectivity index (χ3n) is 3.24. The monoisotopic (exact) mass is 285 g/mol. The molecular formula is C15H11NO3S. The minimum Gasteiger partial charge on any atom is -0.318 e. The lowest BCUT2D eigenvalue weighted by Gasteiger charge is -2.05. The highest BCUT2D eigenvalue weighted by Crippen LogP contribution is 2.29. The molecule has 1 aliphatic rings. The van der Waals surface area contributed by atoms with Crippen LogP contribution in [-0.2, 0) is 15.6 Å². The summed E-state index contributed by atoms with van der Waals surface area (Å²) >= 11 is 0. The van der Waals surface area contributed by atoms with Gasteiger partial charge in [0.2, 0.25) is 0 Å². The number of ketones is 1. The summed E-state index contributed by atoms with van der Waals surface area (Å²) in [6.45, 7) is 0. The van der Waals surface area contributed by atoms with E-state index in [0.29, 0.717) is 11.3 Å². The number of carbonyl (C=O) groups is 2. The highest BCUT2D eigenvalue weighted by atomic mass is 32.2. The molecule has 0 unspecified atom stereocenters. The molecule has 100 valence electrons. The Morgan fingerprint density at radius 2 is 1.60 bits per heavy atom. The fourth-order valence-corrected chi connectivity index (χ4v) is 2.68. The maximum Gasteiger partial charge on any atom is 0.296 e. The van der Waals surface area contributed by atoms with Crippen molar-refractivity contribution < 1.29 is 13.8 Å². The topological polar surface area (TPSA) is 63.2 Å². The second kappa shape index (κ2) is 4.68. The molecule has 0 aromatic heterocycles. The molecule has 1 N–H and O–H groups in total. The molecule has 2 aromatic rings. The Kier molecular flexibility index (Phi) is 2.99. The number of hydrogen-bond acceptors (Lipinski definition) is 3. The summed E-state index contributed by atoms with van der Waals surface area (Å²) in [6, 6.07) is 12.6. The molecule has 0 fully saturated rings. The molecule has 4 nitrogen and oxygen atoms in total. The van der Waals surface area contributed by atoms with Crippen molar-refractivity contribution >= 4 is 28.2 Å². The van der Waals surface area contributed by atoms with Gasteiger partial charge in [0.15, 0.2) is 0 Å². The zero-order chi connectivity index (χ0) is 14.3. The molecule has 1 amide bonds. The molecule has 1 atom stereocenters. The van der Waals surface area contributed by atoms with Crippen LogP contribution in [0.3, 0.4) is 0 Å². The number of anilines is 1. The van der Waals surface area contributed by atoms with Crippen LogP contribution in [0.25, 0.3) is 11.1 Å². The number of fused-ring (bicyclic) bond motifs is 1. The standard InChI is InChI=1S/C15H11NO3S/c1-20(19)11-5-2-9(3-6-11)10-4-7-13-12(8-10)14(17)15(18)16-13/h2-8H,1H3,(H,16,17,18)/t20-/m0/s1. The Bertz CT molecular complexity index is 750. The van der Waals surface area contributed by atoms with Crippen LogP contribution in [-0.4, -0.2) is 22.2 Å². The van der Waals surface area contributed by atoms with Crippen LogP contribution in [0.5, 0.6) is 0 Å². The average Bonchev–Trinajstić information content (AvgIpc) is 2.74. The van der Waals surface area contributed by atoms with Crippen molar-refractivity contribution in [2.75, 3.05) is 11.6 Å². The first-order valence-electron chi connectivity index (χ1n) is 6.00. The zero-order valence-corrected chi connectivity index (χ0v) is 11.5. The van der Waals surface area contributed by atoms with E-state index in [9.17, 15) is 13.8 Å². The fourth-order valence-electron chi connectivity index (χ4n) is 2.16. The van der Waals surface area contributed by atoms with Gasteiger partial charge < -0.3 is 5.32 Å². The molecule has 1 heterocycles. The molecular weight excluding hydrogens is 274 g/mol. The van der Waals surface area contributed by atoms with Crippen LogP contribution >= 0.6 is 0 Å². The van der Waals surface area contributed by atoms with E-state index in [1.54, 1.807) is 30.5 Å². The SMILES string of the molecule is C[S@](=O)c1ccc(-c2ccc3c(c2)C(=O)C(=O)N3)cc1. The smallest absolute Gasteiger partial charge is 0.296 e. The molecule has 2 aromatic carbocycles. The van der Waals surface area contributed by atoms with Gasteiger partial charge in [-0.25, -0.2) is 0 Å². The number of rotatable bonds is 2. The number of benzene rings is 2. The van der Waals surface area contributed by atoms with Gasteiger partial charge in [-0.15, -0.1) is 0 Å². The fraction of sp³-hybridized carbons (Fsp3) is 0.0667. The molecule has 0 aliphatic carbocycles. The maximum absolute atomic E-state index is 11.7. The molecule has 0 bridgehead atoms. The van der Waals surface area contributed by atoms with Crippen molar-refractivity contribution in [3.05, 3.63) is 48.0 Å². The lowest BCUT2D eigenvalue weighted by Crippen LogP contribution is -2.12. The third-order valence-corrected chi connectivity index (χ3v) is 4.17. The maximum atomic E-state index is 11.7. The van der Waals surface area contributed by atoms with E-state index in [1.807, 2.05) is 18.2 Å². The number of hydrogen-bond donors (Lipinski definition) is 1. The Morgan fingerprint density at radius 1 is 0.950 bits per heavy atom. The van der Waals surface area contributed by atoms with Crippen molar-refractivity contribution in [3.63, 3.8) is 0 Å². The summed E-state index contributed by atoms with van der Waals surface area (Å²) in [7, 11) is -1.01. The minimum atomic E-state index is -1.01. The van der Waals surface area contributed by atoms with E-state index < -0.39 is 22.5 Å². The summed E-state index contributed by atoms with van der Waals surface area (Å²) in [6.07, 6.45) is 1.63. The van der Waals surface area contributed by atoms with Crippen LogP contribution in [0, 0.1) is 0 Å². The van der Waals surface area contributed by atoms with Crippen LogP contribution in [0.15, 0.2) is 47.4 Å². The van der Waals surface area contributed by atoms with Gasteiger partial charge in [-0.2, -0.15) is 0 Å². The molecule has 0 saturated heterocycles. The molecule has 20 heavy (non-hydrogen) atoms. The number of amides is 1. The van der Waals surface area contributed by atoms with Crippen molar-refractivity contribution in [1.29, 1.82) is 0 Å². The summed E-state index contributed by atoms with van der Waals surface area (Å²) in [5.41, 5.74) is 2.71. The van der Waals surface area contributed by atoms with Crippen LogP contribution < -0.4 is 5.32 Å². The third kappa shape index (κ3) is 2.06. The van der Waals surface area contributed by atoms with E-state index >= 15 is 0 Å². The first-order chi connectivity index (χ1) is 9.56. The van der Waals surface area contributed by atoms with Gasteiger partial charge >= 0.3 is 0 Å². The van der Waals surface area contributed by atoms with E-state index in [1.165, 1.54) is 0 Å². The number of carbonyl (C=O) groups excluding carboxylic acids is 2. The highest BCUT2D eigenvalue weighted by Gasteiger charge is 2.27. The molecule has 5 heteroatoms. The van der Waals surface area contributed by atoms with Gasteiger partial charge in [-0.3, -0.25) is 13.8 Å². The summed E-state index contributed by atoms with van der Waals surface area (Å²) < 4.78 is 11.3. The number of nitrogens with one attached hydrogen (secondary N) is 1. The van der Waals surface area contributed by atoms with E-state index in [0.717, 1.165) is 16.0 Å². The lowest BCUT2D eigenvalue weighted by atomic mass is 10.0. The molecule has 0 radical (unpaired) electrons. The van der Waals surface area contributed by atoms with Gasteiger partial charge in [-0.1, -0.05) is 18.2 Å². The van der Waals surface area contributed by atoms with E-state index in [4.69, 9.17) is 0 Å².